The highest BCUT2D eigenvalue weighted by atomic mass is 31.1. The Hall–Kier alpha value is -1.91. The van der Waals surface area contributed by atoms with Crippen LogP contribution < -0.4 is 15.9 Å². The quantitative estimate of drug-likeness (QED) is 0.182. The van der Waals surface area contributed by atoms with Crippen molar-refractivity contribution in [1.29, 1.82) is 0 Å². The van der Waals surface area contributed by atoms with Crippen LogP contribution in [0, 0.1) is 0 Å². The van der Waals surface area contributed by atoms with Gasteiger partial charge in [0.2, 0.25) is 0 Å². The molecule has 0 fully saturated rings. The Balaban J connectivity index is 0.000000247. The first-order valence-corrected chi connectivity index (χ1v) is 14.2. The minimum Gasteiger partial charge on any atom is -0.0654 e. The summed E-state index contributed by atoms with van der Waals surface area (Å²) in [6.07, 6.45) is 15.9. The third-order valence-electron chi connectivity index (χ3n) is 5.75. The van der Waals surface area contributed by atoms with Crippen LogP contribution in [0.5, 0.6) is 0 Å². The lowest BCUT2D eigenvalue weighted by Crippen LogP contribution is -2.20. The number of rotatable bonds is 13. The van der Waals surface area contributed by atoms with Crippen LogP contribution in [0.2, 0.25) is 0 Å². The fourth-order valence-electron chi connectivity index (χ4n) is 3.92. The average molecular weight is 447 g/mol. The predicted octanol–water partition coefficient (Wildman–Crippen LogP) is 8.76. The second-order valence-corrected chi connectivity index (χ2v) is 10.7. The molecule has 1 heteroatoms. The summed E-state index contributed by atoms with van der Waals surface area (Å²) in [6.45, 7) is 4.56. The zero-order chi connectivity index (χ0) is 22.7. The Kier molecular flexibility index (Phi) is 14.5. The third-order valence-corrected chi connectivity index (χ3v) is 8.19. The molecule has 3 rings (SSSR count). The second kappa shape index (κ2) is 17.6. The molecule has 3 aromatic carbocycles. The summed E-state index contributed by atoms with van der Waals surface area (Å²) < 4.78 is 0. The van der Waals surface area contributed by atoms with E-state index in [2.05, 4.69) is 105 Å². The first-order chi connectivity index (χ1) is 15.9. The number of hydrogen-bond acceptors (Lipinski definition) is 0. The van der Waals surface area contributed by atoms with Crippen LogP contribution in [0.15, 0.2) is 91.0 Å². The lowest BCUT2D eigenvalue weighted by atomic mass is 10.1. The molecule has 172 valence electrons. The van der Waals surface area contributed by atoms with Gasteiger partial charge in [-0.25, -0.2) is 0 Å². The monoisotopic (exact) mass is 446 g/mol. The first-order valence-electron chi connectivity index (χ1n) is 12.8. The Labute approximate surface area is 199 Å². The van der Waals surface area contributed by atoms with Crippen LogP contribution in [0.4, 0.5) is 0 Å². The van der Waals surface area contributed by atoms with Crippen LogP contribution in [0.3, 0.4) is 0 Å². The molecule has 0 radical (unpaired) electrons. The van der Waals surface area contributed by atoms with Crippen LogP contribution in [-0.4, -0.2) is 0 Å². The van der Waals surface area contributed by atoms with E-state index in [1.165, 1.54) is 86.5 Å². The fraction of sp³-hybridized carbons (Fsp3) is 0.419. The first kappa shape index (κ1) is 26.3. The maximum absolute atomic E-state index is 2.28. The summed E-state index contributed by atoms with van der Waals surface area (Å²) in [5, 5.41) is 4.19. The third kappa shape index (κ3) is 10.6. The lowest BCUT2D eigenvalue weighted by molar-refractivity contribution is 0.554. The van der Waals surface area contributed by atoms with Crippen LogP contribution in [0.25, 0.3) is 0 Å². The second-order valence-electron chi connectivity index (χ2n) is 8.52. The van der Waals surface area contributed by atoms with Gasteiger partial charge < -0.3 is 0 Å². The smallest absolute Gasteiger partial charge is 0.0134 e. The summed E-state index contributed by atoms with van der Waals surface area (Å²) in [5.74, 6) is 0. The van der Waals surface area contributed by atoms with Crippen molar-refractivity contribution in [3.8, 4) is 0 Å². The van der Waals surface area contributed by atoms with Gasteiger partial charge in [0.25, 0.3) is 0 Å². The molecule has 0 aromatic heterocycles. The van der Waals surface area contributed by atoms with Crippen molar-refractivity contribution < 1.29 is 0 Å². The normalized spacial score (nSPS) is 10.6. The van der Waals surface area contributed by atoms with Gasteiger partial charge in [-0.2, -0.15) is 0 Å². The summed E-state index contributed by atoms with van der Waals surface area (Å²) in [7, 11) is -0.446. The minimum absolute atomic E-state index is 0.446. The van der Waals surface area contributed by atoms with E-state index >= 15 is 0 Å². The van der Waals surface area contributed by atoms with Gasteiger partial charge in [0.1, 0.15) is 0 Å². The average Bonchev–Trinajstić information content (AvgIpc) is 2.86. The molecule has 0 atom stereocenters. The minimum atomic E-state index is -0.446. The van der Waals surface area contributed by atoms with Crippen LogP contribution in [0.1, 0.15) is 84.5 Å². The molecule has 0 N–H and O–H groups in total. The molecule has 0 saturated heterocycles. The number of unbranched alkanes of at least 4 members (excludes halogenated alkanes) is 10. The van der Waals surface area contributed by atoms with Crippen molar-refractivity contribution >= 4 is 23.8 Å². The highest BCUT2D eigenvalue weighted by molar-refractivity contribution is 7.79. The molecule has 0 aliphatic carbocycles. The Morgan fingerprint density at radius 1 is 0.375 bits per heavy atom. The maximum Gasteiger partial charge on any atom is -0.0134 e. The summed E-state index contributed by atoms with van der Waals surface area (Å²) in [4.78, 5) is 0. The Morgan fingerprint density at radius 2 is 0.625 bits per heavy atom. The van der Waals surface area contributed by atoms with E-state index in [1.807, 2.05) is 0 Å². The molecule has 0 amide bonds. The van der Waals surface area contributed by atoms with E-state index < -0.39 is 7.92 Å². The molecule has 0 unspecified atom stereocenters. The van der Waals surface area contributed by atoms with Crippen LogP contribution >= 0.6 is 7.92 Å². The highest BCUT2D eigenvalue weighted by Crippen LogP contribution is 2.32. The standard InChI is InChI=1S/C18H15P.C13H28/c1-4-10-16(11-5-1)19(17-12-6-2-7-13-17)18-14-8-3-9-15-18;1-3-5-7-9-11-13-12-10-8-6-4-2/h1-15H;3-13H2,1-2H3. The topological polar surface area (TPSA) is 0 Å². The molecule has 0 spiro atoms. The van der Waals surface area contributed by atoms with Crippen LogP contribution in [-0.2, 0) is 0 Å². The zero-order valence-electron chi connectivity index (χ0n) is 20.4. The van der Waals surface area contributed by atoms with E-state index in [1.54, 1.807) is 0 Å². The molecule has 0 saturated carbocycles. The van der Waals surface area contributed by atoms with Crippen molar-refractivity contribution in [2.75, 3.05) is 0 Å². The van der Waals surface area contributed by atoms with Crippen molar-refractivity contribution in [1.82, 2.24) is 0 Å². The summed E-state index contributed by atoms with van der Waals surface area (Å²) in [5.41, 5.74) is 0. The van der Waals surface area contributed by atoms with E-state index in [4.69, 9.17) is 0 Å². The SMILES string of the molecule is CCCCCCCCCCCCC.c1ccc(P(c2ccccc2)c2ccccc2)cc1. The van der Waals surface area contributed by atoms with Gasteiger partial charge in [-0.05, 0) is 23.8 Å². The summed E-state index contributed by atoms with van der Waals surface area (Å²) >= 11 is 0. The van der Waals surface area contributed by atoms with Crippen molar-refractivity contribution in [2.45, 2.75) is 84.5 Å². The molecule has 0 aliphatic heterocycles. The molecule has 0 heterocycles. The predicted molar refractivity (Wildman–Crippen MR) is 147 cm³/mol. The summed E-state index contributed by atoms with van der Waals surface area (Å²) in [6, 6.07) is 32.3. The molecule has 32 heavy (non-hydrogen) atoms. The van der Waals surface area contributed by atoms with Gasteiger partial charge >= 0.3 is 0 Å². The highest BCUT2D eigenvalue weighted by Gasteiger charge is 2.14. The van der Waals surface area contributed by atoms with Gasteiger partial charge in [0.15, 0.2) is 0 Å². The largest absolute Gasteiger partial charge is 0.0654 e. The molecule has 0 aliphatic rings. The van der Waals surface area contributed by atoms with Gasteiger partial charge in [-0.1, -0.05) is 175 Å². The molecular formula is C31H43P. The molecule has 0 bridgehead atoms. The Bertz CT molecular complexity index is 679. The van der Waals surface area contributed by atoms with Gasteiger partial charge in [0, 0.05) is 0 Å². The fourth-order valence-corrected chi connectivity index (χ4v) is 6.22. The van der Waals surface area contributed by atoms with Crippen molar-refractivity contribution in [3.63, 3.8) is 0 Å². The zero-order valence-corrected chi connectivity index (χ0v) is 21.3. The molecule has 0 nitrogen and oxygen atoms in total. The van der Waals surface area contributed by atoms with Crippen molar-refractivity contribution in [3.05, 3.63) is 91.0 Å². The van der Waals surface area contributed by atoms with E-state index in [9.17, 15) is 0 Å². The molecular weight excluding hydrogens is 403 g/mol. The van der Waals surface area contributed by atoms with Crippen molar-refractivity contribution in [2.24, 2.45) is 0 Å². The van der Waals surface area contributed by atoms with E-state index in [0.29, 0.717) is 0 Å². The van der Waals surface area contributed by atoms with E-state index in [-0.39, 0.29) is 0 Å². The Morgan fingerprint density at radius 3 is 0.875 bits per heavy atom. The number of hydrogen-bond donors (Lipinski definition) is 0. The van der Waals surface area contributed by atoms with E-state index in [0.717, 1.165) is 0 Å². The lowest BCUT2D eigenvalue weighted by Gasteiger charge is -2.18. The van der Waals surface area contributed by atoms with Gasteiger partial charge in [0.05, 0.1) is 0 Å². The molecule has 3 aromatic rings. The van der Waals surface area contributed by atoms with Gasteiger partial charge in [-0.15, -0.1) is 0 Å². The number of benzene rings is 3. The maximum atomic E-state index is 2.28. The van der Waals surface area contributed by atoms with Gasteiger partial charge in [-0.3, -0.25) is 0 Å².